The molecule has 1 aromatic heterocycles. The van der Waals surface area contributed by atoms with E-state index in [1.54, 1.807) is 6.92 Å². The van der Waals surface area contributed by atoms with Crippen LogP contribution in [-0.2, 0) is 0 Å². The smallest absolute Gasteiger partial charge is 0.254 e. The predicted molar refractivity (Wildman–Crippen MR) is 56.6 cm³/mol. The number of amides is 1. The fraction of sp³-hybridized carbons (Fsp3) is 0.600. The molecule has 0 radical (unpaired) electrons. The fourth-order valence-corrected chi connectivity index (χ4v) is 1.23. The monoisotopic (exact) mass is 211 g/mol. The molecule has 0 aromatic carbocycles. The second kappa shape index (κ2) is 5.50. The molecule has 0 aliphatic rings. The van der Waals surface area contributed by atoms with Crippen molar-refractivity contribution in [3.8, 4) is 0 Å². The number of aromatic amines is 1. The summed E-state index contributed by atoms with van der Waals surface area (Å²) >= 11 is 0. The Labute approximate surface area is 88.9 Å². The van der Waals surface area contributed by atoms with E-state index >= 15 is 0 Å². The molecule has 1 amide bonds. The van der Waals surface area contributed by atoms with Gasteiger partial charge in [0.05, 0.1) is 17.9 Å². The normalized spacial score (nSPS) is 12.5. The molecule has 5 nitrogen and oxygen atoms in total. The van der Waals surface area contributed by atoms with Crippen LogP contribution < -0.4 is 5.32 Å². The third-order valence-electron chi connectivity index (χ3n) is 2.31. The van der Waals surface area contributed by atoms with Crippen molar-refractivity contribution in [3.63, 3.8) is 0 Å². The maximum atomic E-state index is 11.5. The summed E-state index contributed by atoms with van der Waals surface area (Å²) in [5.74, 6) is -0.149. The van der Waals surface area contributed by atoms with Crippen LogP contribution in [0.5, 0.6) is 0 Å². The van der Waals surface area contributed by atoms with Gasteiger partial charge in [0, 0.05) is 12.2 Å². The SMILES string of the molecule is CCC(O)CCNC(=O)c1cn[nH]c1C. The summed E-state index contributed by atoms with van der Waals surface area (Å²) in [7, 11) is 0. The van der Waals surface area contributed by atoms with Gasteiger partial charge in [-0.25, -0.2) is 0 Å². The summed E-state index contributed by atoms with van der Waals surface area (Å²) in [5, 5.41) is 18.5. The average Bonchev–Trinajstić information content (AvgIpc) is 2.64. The first-order chi connectivity index (χ1) is 7.15. The summed E-state index contributed by atoms with van der Waals surface area (Å²) in [5.41, 5.74) is 1.31. The number of hydrogen-bond donors (Lipinski definition) is 3. The van der Waals surface area contributed by atoms with Crippen LogP contribution in [0.3, 0.4) is 0 Å². The van der Waals surface area contributed by atoms with Gasteiger partial charge in [-0.2, -0.15) is 5.10 Å². The van der Waals surface area contributed by atoms with E-state index in [9.17, 15) is 9.90 Å². The lowest BCUT2D eigenvalue weighted by atomic mass is 10.2. The zero-order valence-corrected chi connectivity index (χ0v) is 9.08. The lowest BCUT2D eigenvalue weighted by molar-refractivity contribution is 0.0941. The Balaban J connectivity index is 2.34. The van der Waals surface area contributed by atoms with Crippen molar-refractivity contribution < 1.29 is 9.90 Å². The van der Waals surface area contributed by atoms with Crippen LogP contribution in [-0.4, -0.2) is 33.9 Å². The Bertz CT molecular complexity index is 322. The van der Waals surface area contributed by atoms with Crippen molar-refractivity contribution >= 4 is 5.91 Å². The van der Waals surface area contributed by atoms with Crippen molar-refractivity contribution in [2.45, 2.75) is 32.8 Å². The second-order valence-electron chi connectivity index (χ2n) is 3.52. The molecule has 1 unspecified atom stereocenters. The molecule has 0 aliphatic heterocycles. The standard InChI is InChI=1S/C10H17N3O2/c1-3-8(14)4-5-11-10(15)9-6-12-13-7(9)2/h6,8,14H,3-5H2,1-2H3,(H,11,15)(H,12,13). The molecule has 84 valence electrons. The van der Waals surface area contributed by atoms with Gasteiger partial charge in [-0.15, -0.1) is 0 Å². The molecular weight excluding hydrogens is 194 g/mol. The van der Waals surface area contributed by atoms with E-state index < -0.39 is 0 Å². The molecule has 0 spiro atoms. The number of H-pyrrole nitrogens is 1. The Morgan fingerprint density at radius 2 is 2.47 bits per heavy atom. The highest BCUT2D eigenvalue weighted by Gasteiger charge is 2.10. The van der Waals surface area contributed by atoms with Gasteiger partial charge in [0.15, 0.2) is 0 Å². The molecule has 0 aliphatic carbocycles. The van der Waals surface area contributed by atoms with E-state index in [1.807, 2.05) is 6.92 Å². The first kappa shape index (κ1) is 11.7. The number of nitrogens with one attached hydrogen (secondary N) is 2. The molecule has 5 heteroatoms. The van der Waals surface area contributed by atoms with E-state index in [1.165, 1.54) is 6.20 Å². The number of aliphatic hydroxyl groups excluding tert-OH is 1. The van der Waals surface area contributed by atoms with Gasteiger partial charge in [0.25, 0.3) is 5.91 Å². The molecule has 1 heterocycles. The van der Waals surface area contributed by atoms with Gasteiger partial charge in [-0.3, -0.25) is 9.89 Å². The van der Waals surface area contributed by atoms with E-state index in [4.69, 9.17) is 0 Å². The number of aromatic nitrogens is 2. The Kier molecular flexibility index (Phi) is 4.30. The zero-order chi connectivity index (χ0) is 11.3. The third-order valence-corrected chi connectivity index (χ3v) is 2.31. The van der Waals surface area contributed by atoms with Gasteiger partial charge in [-0.05, 0) is 19.8 Å². The minimum atomic E-state index is -0.337. The topological polar surface area (TPSA) is 78.0 Å². The number of aryl methyl sites for hydroxylation is 1. The van der Waals surface area contributed by atoms with Crippen LogP contribution in [0.25, 0.3) is 0 Å². The van der Waals surface area contributed by atoms with E-state index in [0.717, 1.165) is 5.69 Å². The number of aliphatic hydroxyl groups is 1. The molecule has 15 heavy (non-hydrogen) atoms. The summed E-state index contributed by atoms with van der Waals surface area (Å²) in [6.45, 7) is 4.19. The summed E-state index contributed by atoms with van der Waals surface area (Å²) < 4.78 is 0. The van der Waals surface area contributed by atoms with E-state index in [-0.39, 0.29) is 12.0 Å². The van der Waals surface area contributed by atoms with Crippen LogP contribution in [0, 0.1) is 6.92 Å². The van der Waals surface area contributed by atoms with Crippen molar-refractivity contribution in [2.24, 2.45) is 0 Å². The number of carbonyl (C=O) groups excluding carboxylic acids is 1. The second-order valence-corrected chi connectivity index (χ2v) is 3.52. The molecule has 3 N–H and O–H groups in total. The van der Waals surface area contributed by atoms with E-state index in [2.05, 4.69) is 15.5 Å². The minimum absolute atomic E-state index is 0.149. The van der Waals surface area contributed by atoms with Crippen LogP contribution in [0.15, 0.2) is 6.20 Å². The lowest BCUT2D eigenvalue weighted by Gasteiger charge is -2.08. The van der Waals surface area contributed by atoms with Gasteiger partial charge < -0.3 is 10.4 Å². The summed E-state index contributed by atoms with van der Waals surface area (Å²) in [6.07, 6.45) is 2.46. The van der Waals surface area contributed by atoms with Gasteiger partial charge >= 0.3 is 0 Å². The molecule has 0 bridgehead atoms. The quantitative estimate of drug-likeness (QED) is 0.667. The van der Waals surface area contributed by atoms with Crippen molar-refractivity contribution in [1.82, 2.24) is 15.5 Å². The van der Waals surface area contributed by atoms with Crippen molar-refractivity contribution in [2.75, 3.05) is 6.54 Å². The molecule has 1 atom stereocenters. The van der Waals surface area contributed by atoms with E-state index in [0.29, 0.717) is 24.9 Å². The van der Waals surface area contributed by atoms with Crippen molar-refractivity contribution in [3.05, 3.63) is 17.5 Å². The highest BCUT2D eigenvalue weighted by Crippen LogP contribution is 2.02. The lowest BCUT2D eigenvalue weighted by Crippen LogP contribution is -2.27. The highest BCUT2D eigenvalue weighted by atomic mass is 16.3. The van der Waals surface area contributed by atoms with Gasteiger partial charge in [0.2, 0.25) is 0 Å². The maximum absolute atomic E-state index is 11.5. The Morgan fingerprint density at radius 1 is 1.73 bits per heavy atom. The molecular formula is C10H17N3O2. The number of nitrogens with zero attached hydrogens (tertiary/aromatic N) is 1. The first-order valence-corrected chi connectivity index (χ1v) is 5.11. The van der Waals surface area contributed by atoms with Gasteiger partial charge in [0.1, 0.15) is 0 Å². The number of rotatable bonds is 5. The van der Waals surface area contributed by atoms with Crippen LogP contribution in [0.1, 0.15) is 35.8 Å². The third kappa shape index (κ3) is 3.36. The first-order valence-electron chi connectivity index (χ1n) is 5.11. The Hall–Kier alpha value is -1.36. The predicted octanol–water partition coefficient (Wildman–Crippen LogP) is 0.609. The zero-order valence-electron chi connectivity index (χ0n) is 9.08. The minimum Gasteiger partial charge on any atom is -0.393 e. The summed E-state index contributed by atoms with van der Waals surface area (Å²) in [4.78, 5) is 11.5. The molecule has 0 saturated heterocycles. The number of hydrogen-bond acceptors (Lipinski definition) is 3. The number of carbonyl (C=O) groups is 1. The molecule has 0 saturated carbocycles. The van der Waals surface area contributed by atoms with Crippen molar-refractivity contribution in [1.29, 1.82) is 0 Å². The van der Waals surface area contributed by atoms with Crippen LogP contribution >= 0.6 is 0 Å². The average molecular weight is 211 g/mol. The Morgan fingerprint density at radius 3 is 3.00 bits per heavy atom. The fourth-order valence-electron chi connectivity index (χ4n) is 1.23. The molecule has 1 rings (SSSR count). The van der Waals surface area contributed by atoms with Crippen LogP contribution in [0.2, 0.25) is 0 Å². The summed E-state index contributed by atoms with van der Waals surface area (Å²) in [6, 6.07) is 0. The highest BCUT2D eigenvalue weighted by molar-refractivity contribution is 5.94. The maximum Gasteiger partial charge on any atom is 0.254 e. The largest absolute Gasteiger partial charge is 0.393 e. The van der Waals surface area contributed by atoms with Crippen LogP contribution in [0.4, 0.5) is 0 Å². The van der Waals surface area contributed by atoms with Gasteiger partial charge in [-0.1, -0.05) is 6.92 Å². The molecule has 0 fully saturated rings. The molecule has 1 aromatic rings.